The largest absolute Gasteiger partial charge is 0.487 e. The van der Waals surface area contributed by atoms with Crippen LogP contribution in [0.25, 0.3) is 0 Å². The number of rotatable bonds is 5. The summed E-state index contributed by atoms with van der Waals surface area (Å²) in [5.74, 6) is 1.66. The Labute approximate surface area is 215 Å². The molecule has 2 amide bonds. The Morgan fingerprint density at radius 2 is 1.81 bits per heavy atom. The summed E-state index contributed by atoms with van der Waals surface area (Å²) in [5.41, 5.74) is 2.06. The molecule has 0 saturated carbocycles. The number of carbonyl (C=O) groups is 2. The van der Waals surface area contributed by atoms with Gasteiger partial charge in [0.05, 0.1) is 19.1 Å². The number of anilines is 1. The molecular formula is C27H31N3O7. The van der Waals surface area contributed by atoms with Crippen molar-refractivity contribution in [1.82, 2.24) is 9.80 Å². The number of hydrogen-bond acceptors (Lipinski definition) is 8. The van der Waals surface area contributed by atoms with Crippen LogP contribution in [0.5, 0.6) is 17.2 Å². The van der Waals surface area contributed by atoms with E-state index < -0.39 is 6.10 Å². The van der Waals surface area contributed by atoms with Crippen molar-refractivity contribution in [3.63, 3.8) is 0 Å². The number of piperazine rings is 1. The van der Waals surface area contributed by atoms with E-state index in [1.165, 1.54) is 0 Å². The number of hydrogen-bond donors (Lipinski definition) is 2. The SMILES string of the molecule is CN1CCN(C(=O)C[C@H]2C[C@H]3c4cc(NC(=O)c5ccc6c(c5)OCO6)ccc4O[C@H]3[C@H](CO)O2)CC1. The Hall–Kier alpha value is -3.34. The lowest BCUT2D eigenvalue weighted by Gasteiger charge is -2.38. The Morgan fingerprint density at radius 1 is 1.03 bits per heavy atom. The lowest BCUT2D eigenvalue weighted by atomic mass is 9.84. The van der Waals surface area contributed by atoms with Crippen LogP contribution in [0.1, 0.15) is 34.7 Å². The second-order valence-corrected chi connectivity index (χ2v) is 10.1. The molecule has 2 aromatic carbocycles. The molecule has 4 aliphatic heterocycles. The first-order valence-electron chi connectivity index (χ1n) is 12.7. The number of ether oxygens (including phenoxy) is 4. The van der Waals surface area contributed by atoms with E-state index in [9.17, 15) is 14.7 Å². The molecule has 10 nitrogen and oxygen atoms in total. The lowest BCUT2D eigenvalue weighted by Crippen LogP contribution is -2.50. The first-order chi connectivity index (χ1) is 18.0. The summed E-state index contributed by atoms with van der Waals surface area (Å²) in [6.45, 7) is 3.12. The van der Waals surface area contributed by atoms with Crippen LogP contribution < -0.4 is 19.5 Å². The van der Waals surface area contributed by atoms with Crippen molar-refractivity contribution < 1.29 is 33.6 Å². The second-order valence-electron chi connectivity index (χ2n) is 10.1. The summed E-state index contributed by atoms with van der Waals surface area (Å²) in [6, 6.07) is 10.6. The van der Waals surface area contributed by atoms with Crippen molar-refractivity contribution in [1.29, 1.82) is 0 Å². The molecule has 0 aliphatic carbocycles. The number of amides is 2. The molecule has 2 aromatic rings. The fraction of sp³-hybridized carbons (Fsp3) is 0.481. The molecule has 10 heteroatoms. The fourth-order valence-corrected chi connectivity index (χ4v) is 5.59. The molecule has 0 unspecified atom stereocenters. The molecule has 2 fully saturated rings. The van der Waals surface area contributed by atoms with Crippen molar-refractivity contribution in [2.75, 3.05) is 51.9 Å². The number of carbonyl (C=O) groups excluding carboxylic acids is 2. The van der Waals surface area contributed by atoms with E-state index in [1.54, 1.807) is 24.3 Å². The van der Waals surface area contributed by atoms with Gasteiger partial charge in [-0.05, 0) is 49.9 Å². The van der Waals surface area contributed by atoms with Gasteiger partial charge in [-0.3, -0.25) is 9.59 Å². The summed E-state index contributed by atoms with van der Waals surface area (Å²) in [5, 5.41) is 13.0. The molecule has 4 heterocycles. The Morgan fingerprint density at radius 3 is 2.62 bits per heavy atom. The predicted molar refractivity (Wildman–Crippen MR) is 133 cm³/mol. The highest BCUT2D eigenvalue weighted by Crippen LogP contribution is 2.47. The minimum Gasteiger partial charge on any atom is -0.487 e. The highest BCUT2D eigenvalue weighted by atomic mass is 16.7. The maximum absolute atomic E-state index is 13.0. The number of aliphatic hydroxyl groups excluding tert-OH is 1. The lowest BCUT2D eigenvalue weighted by molar-refractivity contribution is -0.150. The summed E-state index contributed by atoms with van der Waals surface area (Å²) in [7, 11) is 2.06. The number of nitrogens with one attached hydrogen (secondary N) is 1. The molecular weight excluding hydrogens is 478 g/mol. The van der Waals surface area contributed by atoms with E-state index in [1.807, 2.05) is 17.0 Å². The number of likely N-dealkylation sites (N-methyl/N-ethyl adjacent to an activating group) is 1. The van der Waals surface area contributed by atoms with Crippen molar-refractivity contribution in [3.05, 3.63) is 47.5 Å². The van der Waals surface area contributed by atoms with E-state index in [4.69, 9.17) is 18.9 Å². The highest BCUT2D eigenvalue weighted by Gasteiger charge is 2.46. The van der Waals surface area contributed by atoms with Crippen LogP contribution in [0.4, 0.5) is 5.69 Å². The van der Waals surface area contributed by atoms with Gasteiger partial charge >= 0.3 is 0 Å². The van der Waals surface area contributed by atoms with Crippen LogP contribution in [0.15, 0.2) is 36.4 Å². The quantitative estimate of drug-likeness (QED) is 0.629. The van der Waals surface area contributed by atoms with E-state index in [-0.39, 0.29) is 49.8 Å². The molecule has 37 heavy (non-hydrogen) atoms. The average Bonchev–Trinajstić information content (AvgIpc) is 3.52. The van der Waals surface area contributed by atoms with Gasteiger partial charge in [0.25, 0.3) is 5.91 Å². The van der Waals surface area contributed by atoms with Gasteiger partial charge in [-0.25, -0.2) is 0 Å². The third-order valence-electron chi connectivity index (χ3n) is 7.65. The summed E-state index contributed by atoms with van der Waals surface area (Å²) < 4.78 is 23.0. The van der Waals surface area contributed by atoms with Gasteiger partial charge < -0.3 is 39.2 Å². The Bertz CT molecular complexity index is 1200. The van der Waals surface area contributed by atoms with E-state index in [0.717, 1.165) is 31.7 Å². The van der Waals surface area contributed by atoms with Crippen molar-refractivity contribution >= 4 is 17.5 Å². The monoisotopic (exact) mass is 509 g/mol. The van der Waals surface area contributed by atoms with Gasteiger partial charge in [0, 0.05) is 48.9 Å². The third kappa shape index (κ3) is 4.72. The fourth-order valence-electron chi connectivity index (χ4n) is 5.59. The molecule has 0 aromatic heterocycles. The van der Waals surface area contributed by atoms with Crippen LogP contribution in [0, 0.1) is 0 Å². The number of nitrogens with zero attached hydrogens (tertiary/aromatic N) is 2. The third-order valence-corrected chi connectivity index (χ3v) is 7.65. The highest BCUT2D eigenvalue weighted by molar-refractivity contribution is 6.04. The van der Waals surface area contributed by atoms with E-state index in [0.29, 0.717) is 34.9 Å². The Balaban J connectivity index is 1.16. The first kappa shape index (κ1) is 24.0. The number of aliphatic hydroxyl groups is 1. The zero-order chi connectivity index (χ0) is 25.5. The Kier molecular flexibility index (Phi) is 6.39. The van der Waals surface area contributed by atoms with Crippen molar-refractivity contribution in [2.24, 2.45) is 0 Å². The molecule has 4 aliphatic rings. The zero-order valence-corrected chi connectivity index (χ0v) is 20.7. The van der Waals surface area contributed by atoms with Gasteiger partial charge in [0.15, 0.2) is 11.5 Å². The molecule has 0 radical (unpaired) electrons. The molecule has 0 spiro atoms. The minimum absolute atomic E-state index is 0.0476. The maximum atomic E-state index is 13.0. The van der Waals surface area contributed by atoms with Crippen LogP contribution in [0.2, 0.25) is 0 Å². The van der Waals surface area contributed by atoms with Gasteiger partial charge in [0.1, 0.15) is 18.0 Å². The van der Waals surface area contributed by atoms with Gasteiger partial charge in [-0.2, -0.15) is 0 Å². The van der Waals surface area contributed by atoms with Crippen LogP contribution in [0.3, 0.4) is 0 Å². The molecule has 2 N–H and O–H groups in total. The van der Waals surface area contributed by atoms with E-state index >= 15 is 0 Å². The molecule has 2 saturated heterocycles. The summed E-state index contributed by atoms with van der Waals surface area (Å²) in [4.78, 5) is 30.0. The molecule has 196 valence electrons. The maximum Gasteiger partial charge on any atom is 0.255 e. The first-order valence-corrected chi connectivity index (χ1v) is 12.7. The summed E-state index contributed by atoms with van der Waals surface area (Å²) >= 11 is 0. The molecule has 4 atom stereocenters. The van der Waals surface area contributed by atoms with Crippen LogP contribution in [-0.2, 0) is 9.53 Å². The minimum atomic E-state index is -0.525. The summed E-state index contributed by atoms with van der Waals surface area (Å²) in [6.07, 6.45) is -0.295. The number of benzene rings is 2. The molecule has 6 rings (SSSR count). The van der Waals surface area contributed by atoms with Crippen LogP contribution in [-0.4, -0.2) is 91.7 Å². The smallest absolute Gasteiger partial charge is 0.255 e. The normalized spacial score (nSPS) is 26.3. The van der Waals surface area contributed by atoms with Crippen LogP contribution >= 0.6 is 0 Å². The van der Waals surface area contributed by atoms with Gasteiger partial charge in [0.2, 0.25) is 12.7 Å². The van der Waals surface area contributed by atoms with Crippen molar-refractivity contribution in [3.8, 4) is 17.2 Å². The molecule has 0 bridgehead atoms. The van der Waals surface area contributed by atoms with Crippen molar-refractivity contribution in [2.45, 2.75) is 37.1 Å². The second kappa shape index (κ2) is 9.85. The average molecular weight is 510 g/mol. The number of fused-ring (bicyclic) bond motifs is 4. The van der Waals surface area contributed by atoms with E-state index in [2.05, 4.69) is 17.3 Å². The zero-order valence-electron chi connectivity index (χ0n) is 20.7. The van der Waals surface area contributed by atoms with Gasteiger partial charge in [-0.15, -0.1) is 0 Å². The topological polar surface area (TPSA) is 110 Å². The predicted octanol–water partition coefficient (Wildman–Crippen LogP) is 1.83. The standard InChI is InChI=1S/C27H31N3O7/c1-29-6-8-30(9-7-29)25(32)13-18-12-20-19-11-17(3-5-21(19)37-26(20)24(14-31)36-18)28-27(33)16-2-4-22-23(10-16)35-15-34-22/h2-5,10-11,18,20,24,26,31H,6-9,12-15H2,1H3,(H,28,33)/t18-,20+,24+,26-/m1/s1. The van der Waals surface area contributed by atoms with Gasteiger partial charge in [-0.1, -0.05) is 0 Å².